The van der Waals surface area contributed by atoms with Crippen molar-refractivity contribution in [2.24, 2.45) is 0 Å². The second-order valence-electron chi connectivity index (χ2n) is 3.04. The van der Waals surface area contributed by atoms with Crippen molar-refractivity contribution in [3.8, 4) is 0 Å². The zero-order valence-corrected chi connectivity index (χ0v) is 7.66. The molecule has 0 aromatic heterocycles. The molecule has 0 aromatic carbocycles. The maximum Gasteiger partial charge on any atom is 0.320 e. The van der Waals surface area contributed by atoms with Gasteiger partial charge in [0.15, 0.2) is 0 Å². The molecule has 1 fully saturated rings. The van der Waals surface area contributed by atoms with E-state index in [1.807, 2.05) is 0 Å². The van der Waals surface area contributed by atoms with Crippen LogP contribution in [0.3, 0.4) is 0 Å². The molecule has 0 amide bonds. The van der Waals surface area contributed by atoms with Gasteiger partial charge in [-0.05, 0) is 6.92 Å². The van der Waals surface area contributed by atoms with Crippen LogP contribution in [0.15, 0.2) is 0 Å². The molecule has 0 saturated carbocycles. The number of rotatable bonds is 4. The van der Waals surface area contributed by atoms with E-state index in [4.69, 9.17) is 14.6 Å². The van der Waals surface area contributed by atoms with Crippen LogP contribution in [-0.4, -0.2) is 49.6 Å². The summed E-state index contributed by atoms with van der Waals surface area (Å²) >= 11 is 0. The number of hydrogen-bond acceptors (Lipinski definition) is 4. The van der Waals surface area contributed by atoms with Crippen LogP contribution in [0.5, 0.6) is 0 Å². The fourth-order valence-corrected chi connectivity index (χ4v) is 1.05. The summed E-state index contributed by atoms with van der Waals surface area (Å²) in [6.07, 6.45) is -0.0180. The van der Waals surface area contributed by atoms with E-state index in [0.29, 0.717) is 26.4 Å². The van der Waals surface area contributed by atoms with Crippen molar-refractivity contribution in [1.29, 1.82) is 0 Å². The first-order valence-corrected chi connectivity index (χ1v) is 4.35. The molecular weight excluding hydrogens is 174 g/mol. The van der Waals surface area contributed by atoms with E-state index in [1.165, 1.54) is 0 Å². The van der Waals surface area contributed by atoms with Gasteiger partial charge >= 0.3 is 5.97 Å². The van der Waals surface area contributed by atoms with Gasteiger partial charge in [-0.2, -0.15) is 0 Å². The minimum atomic E-state index is -0.850. The van der Waals surface area contributed by atoms with Gasteiger partial charge in [-0.3, -0.25) is 4.79 Å². The molecule has 1 saturated heterocycles. The van der Waals surface area contributed by atoms with Crippen LogP contribution >= 0.6 is 0 Å². The Balaban J connectivity index is 2.13. The molecule has 5 heteroatoms. The number of nitrogens with one attached hydrogen (secondary N) is 1. The van der Waals surface area contributed by atoms with E-state index in [-0.39, 0.29) is 6.10 Å². The smallest absolute Gasteiger partial charge is 0.320 e. The predicted molar refractivity (Wildman–Crippen MR) is 45.7 cm³/mol. The lowest BCUT2D eigenvalue weighted by atomic mass is 10.3. The van der Waals surface area contributed by atoms with Gasteiger partial charge in [0, 0.05) is 6.54 Å². The van der Waals surface area contributed by atoms with E-state index in [0.717, 1.165) is 0 Å². The van der Waals surface area contributed by atoms with Crippen molar-refractivity contribution in [2.45, 2.75) is 19.1 Å². The van der Waals surface area contributed by atoms with E-state index in [2.05, 4.69) is 5.32 Å². The number of carboxylic acids is 1. The Kier molecular flexibility index (Phi) is 4.14. The predicted octanol–water partition coefficient (Wildman–Crippen LogP) is -0.535. The third-order valence-corrected chi connectivity index (χ3v) is 1.91. The average molecular weight is 189 g/mol. The normalized spacial score (nSPS) is 25.5. The lowest BCUT2D eigenvalue weighted by Gasteiger charge is -2.23. The highest BCUT2D eigenvalue weighted by molar-refractivity contribution is 5.72. The molecule has 2 unspecified atom stereocenters. The van der Waals surface area contributed by atoms with Crippen LogP contribution in [0.1, 0.15) is 6.92 Å². The maximum absolute atomic E-state index is 10.4. The first kappa shape index (κ1) is 10.4. The van der Waals surface area contributed by atoms with Crippen molar-refractivity contribution < 1.29 is 19.4 Å². The molecule has 0 aromatic rings. The Bertz CT molecular complexity index is 168. The summed E-state index contributed by atoms with van der Waals surface area (Å²) < 4.78 is 10.5. The van der Waals surface area contributed by atoms with Crippen molar-refractivity contribution in [3.05, 3.63) is 0 Å². The molecule has 0 bridgehead atoms. The van der Waals surface area contributed by atoms with Crippen LogP contribution in [0.4, 0.5) is 0 Å². The molecule has 13 heavy (non-hydrogen) atoms. The second kappa shape index (κ2) is 5.16. The summed E-state index contributed by atoms with van der Waals surface area (Å²) in [4.78, 5) is 10.4. The SMILES string of the molecule is CC(NCC1COCCO1)C(=O)O. The van der Waals surface area contributed by atoms with Crippen molar-refractivity contribution in [3.63, 3.8) is 0 Å². The fraction of sp³-hybridized carbons (Fsp3) is 0.875. The van der Waals surface area contributed by atoms with Gasteiger partial charge in [-0.25, -0.2) is 0 Å². The highest BCUT2D eigenvalue weighted by Gasteiger charge is 2.17. The number of carboxylic acid groups (broad SMARTS) is 1. The molecule has 0 spiro atoms. The summed E-state index contributed by atoms with van der Waals surface area (Å²) in [6.45, 7) is 3.89. The first-order chi connectivity index (χ1) is 6.20. The number of carbonyl (C=O) groups is 1. The van der Waals surface area contributed by atoms with E-state index >= 15 is 0 Å². The van der Waals surface area contributed by atoms with Crippen molar-refractivity contribution in [2.75, 3.05) is 26.4 Å². The highest BCUT2D eigenvalue weighted by atomic mass is 16.6. The van der Waals surface area contributed by atoms with Crippen LogP contribution in [0.2, 0.25) is 0 Å². The Hall–Kier alpha value is -0.650. The quantitative estimate of drug-likeness (QED) is 0.622. The van der Waals surface area contributed by atoms with Gasteiger partial charge in [0.25, 0.3) is 0 Å². The highest BCUT2D eigenvalue weighted by Crippen LogP contribution is 1.99. The molecule has 1 aliphatic rings. The summed E-state index contributed by atoms with van der Waals surface area (Å²) in [5, 5.41) is 11.4. The van der Waals surface area contributed by atoms with Gasteiger partial charge in [0.05, 0.1) is 25.9 Å². The Morgan fingerprint density at radius 3 is 3.00 bits per heavy atom. The lowest BCUT2D eigenvalue weighted by Crippen LogP contribution is -2.43. The summed E-state index contributed by atoms with van der Waals surface area (Å²) in [5.41, 5.74) is 0. The second-order valence-corrected chi connectivity index (χ2v) is 3.04. The standard InChI is InChI=1S/C8H15NO4/c1-6(8(10)11)9-4-7-5-12-2-3-13-7/h6-7,9H,2-5H2,1H3,(H,10,11). The van der Waals surface area contributed by atoms with Gasteiger partial charge in [0.1, 0.15) is 6.04 Å². The van der Waals surface area contributed by atoms with Crippen LogP contribution in [-0.2, 0) is 14.3 Å². The number of ether oxygens (including phenoxy) is 2. The summed E-state index contributed by atoms with van der Waals surface area (Å²) in [5.74, 6) is -0.850. The molecule has 2 N–H and O–H groups in total. The van der Waals surface area contributed by atoms with Gasteiger partial charge in [-0.15, -0.1) is 0 Å². The molecule has 76 valence electrons. The molecule has 5 nitrogen and oxygen atoms in total. The molecule has 2 atom stereocenters. The minimum absolute atomic E-state index is 0.0180. The molecule has 0 aliphatic carbocycles. The van der Waals surface area contributed by atoms with Gasteiger partial charge < -0.3 is 19.9 Å². The Morgan fingerprint density at radius 1 is 1.69 bits per heavy atom. The van der Waals surface area contributed by atoms with Gasteiger partial charge in [0.2, 0.25) is 0 Å². The summed E-state index contributed by atoms with van der Waals surface area (Å²) in [6, 6.07) is -0.537. The van der Waals surface area contributed by atoms with Crippen LogP contribution in [0, 0.1) is 0 Å². The molecule has 1 rings (SSSR count). The summed E-state index contributed by atoms with van der Waals surface area (Å²) in [7, 11) is 0. The lowest BCUT2D eigenvalue weighted by molar-refractivity contribution is -0.139. The third kappa shape index (κ3) is 3.71. The Labute approximate surface area is 77.0 Å². The van der Waals surface area contributed by atoms with Gasteiger partial charge in [-0.1, -0.05) is 0 Å². The first-order valence-electron chi connectivity index (χ1n) is 4.35. The number of aliphatic carboxylic acids is 1. The monoisotopic (exact) mass is 189 g/mol. The largest absolute Gasteiger partial charge is 0.480 e. The number of hydrogen-bond donors (Lipinski definition) is 2. The fourth-order valence-electron chi connectivity index (χ4n) is 1.05. The Morgan fingerprint density at radius 2 is 2.46 bits per heavy atom. The van der Waals surface area contributed by atoms with Crippen LogP contribution < -0.4 is 5.32 Å². The minimum Gasteiger partial charge on any atom is -0.480 e. The molecule has 1 heterocycles. The maximum atomic E-state index is 10.4. The van der Waals surface area contributed by atoms with E-state index in [1.54, 1.807) is 6.92 Å². The third-order valence-electron chi connectivity index (χ3n) is 1.91. The van der Waals surface area contributed by atoms with E-state index < -0.39 is 12.0 Å². The topological polar surface area (TPSA) is 67.8 Å². The average Bonchev–Trinajstić information content (AvgIpc) is 2.15. The zero-order chi connectivity index (χ0) is 9.68. The zero-order valence-electron chi connectivity index (χ0n) is 7.66. The van der Waals surface area contributed by atoms with Crippen molar-refractivity contribution >= 4 is 5.97 Å². The molecule has 1 aliphatic heterocycles. The molecule has 0 radical (unpaired) electrons. The van der Waals surface area contributed by atoms with Crippen LogP contribution in [0.25, 0.3) is 0 Å². The van der Waals surface area contributed by atoms with E-state index in [9.17, 15) is 4.79 Å². The molecular formula is C8H15NO4. The van der Waals surface area contributed by atoms with Crippen molar-refractivity contribution in [1.82, 2.24) is 5.32 Å².